The third kappa shape index (κ3) is 3.12. The Balaban J connectivity index is 1.48. The van der Waals surface area contributed by atoms with Crippen molar-refractivity contribution in [1.82, 2.24) is 20.2 Å². The number of nitrogen functional groups attached to an aromatic ring is 1. The molecule has 0 saturated carbocycles. The van der Waals surface area contributed by atoms with Crippen LogP contribution in [0.25, 0.3) is 33.1 Å². The van der Waals surface area contributed by atoms with Crippen LogP contribution >= 0.6 is 0 Å². The highest BCUT2D eigenvalue weighted by Gasteiger charge is 2.11. The van der Waals surface area contributed by atoms with Crippen LogP contribution in [0.1, 0.15) is 0 Å². The van der Waals surface area contributed by atoms with Crippen LogP contribution in [0, 0.1) is 0 Å². The summed E-state index contributed by atoms with van der Waals surface area (Å²) in [5, 5.41) is 10.2. The summed E-state index contributed by atoms with van der Waals surface area (Å²) in [6.45, 7) is 0. The third-order valence-electron chi connectivity index (χ3n) is 4.82. The minimum absolute atomic E-state index is 0.419. The van der Waals surface area contributed by atoms with Crippen LogP contribution in [0.4, 0.5) is 5.82 Å². The van der Waals surface area contributed by atoms with Crippen LogP contribution in [0.5, 0.6) is 17.2 Å². The zero-order valence-corrected chi connectivity index (χ0v) is 16.1. The molecule has 5 rings (SSSR count). The molecule has 5 aromatic rings. The molecule has 2 aromatic carbocycles. The Hall–Kier alpha value is -4.26. The highest BCUT2D eigenvalue weighted by Crippen LogP contribution is 2.32. The first-order valence-electron chi connectivity index (χ1n) is 9.31. The number of fused-ring (bicyclic) bond motifs is 2. The maximum absolute atomic E-state index is 6.06. The molecule has 7 nitrogen and oxygen atoms in total. The van der Waals surface area contributed by atoms with E-state index in [9.17, 15) is 0 Å². The van der Waals surface area contributed by atoms with E-state index in [1.165, 1.54) is 0 Å². The second kappa shape index (κ2) is 7.29. The second-order valence-electron chi connectivity index (χ2n) is 6.66. The average molecular weight is 395 g/mol. The fourth-order valence-corrected chi connectivity index (χ4v) is 3.33. The van der Waals surface area contributed by atoms with Crippen molar-refractivity contribution in [1.29, 1.82) is 0 Å². The first kappa shape index (κ1) is 17.8. The van der Waals surface area contributed by atoms with Crippen molar-refractivity contribution in [2.24, 2.45) is 0 Å². The van der Waals surface area contributed by atoms with Gasteiger partial charge < -0.3 is 15.2 Å². The van der Waals surface area contributed by atoms with Crippen molar-refractivity contribution in [2.75, 3.05) is 12.8 Å². The van der Waals surface area contributed by atoms with Crippen molar-refractivity contribution in [3.05, 3.63) is 73.1 Å². The van der Waals surface area contributed by atoms with Gasteiger partial charge in [-0.1, -0.05) is 24.3 Å². The number of hydrogen-bond donors (Lipinski definition) is 1. The number of anilines is 1. The number of benzene rings is 2. The highest BCUT2D eigenvalue weighted by atomic mass is 16.5. The van der Waals surface area contributed by atoms with E-state index >= 15 is 0 Å². The molecule has 3 aromatic heterocycles. The highest BCUT2D eigenvalue weighted by molar-refractivity contribution is 5.99. The molecule has 0 fully saturated rings. The van der Waals surface area contributed by atoms with Crippen molar-refractivity contribution in [2.45, 2.75) is 0 Å². The van der Waals surface area contributed by atoms with Crippen LogP contribution in [0.15, 0.2) is 73.1 Å². The largest absolute Gasteiger partial charge is 0.495 e. The van der Waals surface area contributed by atoms with Crippen molar-refractivity contribution < 1.29 is 9.47 Å². The van der Waals surface area contributed by atoms with Gasteiger partial charge in [0.2, 0.25) is 0 Å². The van der Waals surface area contributed by atoms with Crippen LogP contribution in [-0.4, -0.2) is 27.3 Å². The standard InChI is InChI=1S/C23H17N5O2/c1-29-16-12-19-22(26-13-16)20(10-11-25-19)30-15-8-6-14(7-9-15)21-17-4-2-3-5-18(17)23(24)28-27-21/h2-13H,1H3,(H2,24,28). The number of nitrogens with zero attached hydrogens (tertiary/aromatic N) is 4. The summed E-state index contributed by atoms with van der Waals surface area (Å²) in [4.78, 5) is 8.75. The number of rotatable bonds is 4. The Labute approximate surface area is 172 Å². The molecule has 3 heterocycles. The maximum atomic E-state index is 6.06. The van der Waals surface area contributed by atoms with Gasteiger partial charge in [0.05, 0.1) is 18.8 Å². The Morgan fingerprint density at radius 3 is 2.43 bits per heavy atom. The molecule has 0 aliphatic heterocycles. The normalized spacial score (nSPS) is 11.0. The van der Waals surface area contributed by atoms with Crippen LogP contribution in [0.3, 0.4) is 0 Å². The summed E-state index contributed by atoms with van der Waals surface area (Å²) in [5.41, 5.74) is 9.03. The van der Waals surface area contributed by atoms with E-state index in [0.29, 0.717) is 34.1 Å². The lowest BCUT2D eigenvalue weighted by Crippen LogP contribution is -1.97. The van der Waals surface area contributed by atoms with Gasteiger partial charge in [-0.05, 0) is 24.3 Å². The lowest BCUT2D eigenvalue weighted by molar-refractivity contribution is 0.413. The van der Waals surface area contributed by atoms with Crippen molar-refractivity contribution in [3.8, 4) is 28.5 Å². The van der Waals surface area contributed by atoms with Crippen LogP contribution < -0.4 is 15.2 Å². The number of methoxy groups -OCH3 is 1. The minimum Gasteiger partial charge on any atom is -0.495 e. The SMILES string of the molecule is COc1cnc2c(Oc3ccc(-c4nnc(N)c5ccccc45)cc3)ccnc2c1. The van der Waals surface area contributed by atoms with Gasteiger partial charge >= 0.3 is 0 Å². The topological polar surface area (TPSA) is 96.0 Å². The molecule has 2 N–H and O–H groups in total. The number of hydrogen-bond acceptors (Lipinski definition) is 7. The lowest BCUT2D eigenvalue weighted by atomic mass is 10.0. The molecule has 0 atom stereocenters. The predicted octanol–water partition coefficient (Wildman–Crippen LogP) is 4.62. The molecule has 146 valence electrons. The fourth-order valence-electron chi connectivity index (χ4n) is 3.33. The molecule has 0 bridgehead atoms. The number of pyridine rings is 2. The van der Waals surface area contributed by atoms with E-state index in [0.717, 1.165) is 22.0 Å². The van der Waals surface area contributed by atoms with E-state index in [4.69, 9.17) is 15.2 Å². The Morgan fingerprint density at radius 2 is 1.63 bits per heavy atom. The molecule has 0 unspecified atom stereocenters. The van der Waals surface area contributed by atoms with Gasteiger partial charge in [-0.15, -0.1) is 10.2 Å². The van der Waals surface area contributed by atoms with Crippen molar-refractivity contribution >= 4 is 27.6 Å². The summed E-state index contributed by atoms with van der Waals surface area (Å²) in [6, 6.07) is 19.1. The fraction of sp³-hybridized carbons (Fsp3) is 0.0435. The molecular weight excluding hydrogens is 378 g/mol. The average Bonchev–Trinajstić information content (AvgIpc) is 2.80. The van der Waals surface area contributed by atoms with Gasteiger partial charge in [-0.2, -0.15) is 0 Å². The summed E-state index contributed by atoms with van der Waals surface area (Å²) in [5.74, 6) is 2.36. The van der Waals surface area contributed by atoms with Crippen LogP contribution in [0.2, 0.25) is 0 Å². The second-order valence-corrected chi connectivity index (χ2v) is 6.66. The lowest BCUT2D eigenvalue weighted by Gasteiger charge is -2.10. The first-order chi connectivity index (χ1) is 14.7. The molecule has 0 aliphatic carbocycles. The van der Waals surface area contributed by atoms with Gasteiger partial charge in [0.25, 0.3) is 0 Å². The minimum atomic E-state index is 0.419. The van der Waals surface area contributed by atoms with Gasteiger partial charge in [-0.3, -0.25) is 4.98 Å². The Kier molecular flexibility index (Phi) is 4.33. The quantitative estimate of drug-likeness (QED) is 0.474. The first-order valence-corrected chi connectivity index (χ1v) is 9.31. The predicted molar refractivity (Wildman–Crippen MR) is 116 cm³/mol. The third-order valence-corrected chi connectivity index (χ3v) is 4.82. The maximum Gasteiger partial charge on any atom is 0.156 e. The van der Waals surface area contributed by atoms with E-state index in [2.05, 4.69) is 20.2 Å². The van der Waals surface area contributed by atoms with E-state index in [1.54, 1.807) is 25.6 Å². The molecule has 0 aliphatic rings. The zero-order chi connectivity index (χ0) is 20.5. The van der Waals surface area contributed by atoms with E-state index in [-0.39, 0.29) is 0 Å². The van der Waals surface area contributed by atoms with Gasteiger partial charge in [-0.25, -0.2) is 4.98 Å². The van der Waals surface area contributed by atoms with E-state index in [1.807, 2.05) is 54.6 Å². The molecular formula is C23H17N5O2. The zero-order valence-electron chi connectivity index (χ0n) is 16.1. The molecule has 0 saturated heterocycles. The van der Waals surface area contributed by atoms with Crippen molar-refractivity contribution in [3.63, 3.8) is 0 Å². The van der Waals surface area contributed by atoms with Gasteiger partial charge in [0.1, 0.15) is 22.7 Å². The number of aromatic nitrogens is 4. The smallest absolute Gasteiger partial charge is 0.156 e. The molecule has 0 spiro atoms. The number of ether oxygens (including phenoxy) is 2. The summed E-state index contributed by atoms with van der Waals surface area (Å²) in [6.07, 6.45) is 3.33. The van der Waals surface area contributed by atoms with Gasteiger partial charge in [0.15, 0.2) is 11.6 Å². The molecule has 30 heavy (non-hydrogen) atoms. The molecule has 0 radical (unpaired) electrons. The summed E-state index contributed by atoms with van der Waals surface area (Å²) in [7, 11) is 1.60. The summed E-state index contributed by atoms with van der Waals surface area (Å²) < 4.78 is 11.3. The Bertz CT molecular complexity index is 1370. The van der Waals surface area contributed by atoms with E-state index < -0.39 is 0 Å². The monoisotopic (exact) mass is 395 g/mol. The number of nitrogens with two attached hydrogens (primary N) is 1. The molecule has 0 amide bonds. The van der Waals surface area contributed by atoms with Crippen LogP contribution in [-0.2, 0) is 0 Å². The summed E-state index contributed by atoms with van der Waals surface area (Å²) >= 11 is 0. The Morgan fingerprint density at radius 1 is 0.833 bits per heavy atom. The molecule has 7 heteroatoms. The van der Waals surface area contributed by atoms with Gasteiger partial charge in [0, 0.05) is 34.7 Å².